The Kier molecular flexibility index (Phi) is 8.24. The van der Waals surface area contributed by atoms with E-state index in [1.165, 1.54) is 0 Å². The highest BCUT2D eigenvalue weighted by atomic mass is 28.4. The number of ether oxygens (including phenoxy) is 1. The van der Waals surface area contributed by atoms with Crippen LogP contribution in [0.5, 0.6) is 0 Å². The van der Waals surface area contributed by atoms with Gasteiger partial charge in [-0.05, 0) is 29.8 Å². The van der Waals surface area contributed by atoms with Gasteiger partial charge in [-0.25, -0.2) is 0 Å². The monoisotopic (exact) mass is 378 g/mol. The van der Waals surface area contributed by atoms with Crippen molar-refractivity contribution in [3.63, 3.8) is 0 Å². The summed E-state index contributed by atoms with van der Waals surface area (Å²) in [6.45, 7) is 10.4. The van der Waals surface area contributed by atoms with Gasteiger partial charge in [-0.15, -0.1) is 0 Å². The summed E-state index contributed by atoms with van der Waals surface area (Å²) in [6.07, 6.45) is 2.70. The fraction of sp³-hybridized carbons (Fsp3) is 0.500. The number of carbonyl (C=O) groups is 2. The highest BCUT2D eigenvalue weighted by Gasteiger charge is 2.40. The molecule has 144 valence electrons. The Morgan fingerprint density at radius 2 is 1.77 bits per heavy atom. The zero-order valence-corrected chi connectivity index (χ0v) is 17.3. The molecule has 6 heteroatoms. The number of carboxylic acids is 1. The third-order valence-corrected chi connectivity index (χ3v) is 9.05. The molecule has 0 saturated heterocycles. The predicted octanol–water partition coefficient (Wildman–Crippen LogP) is 4.50. The molecule has 1 rings (SSSR count). The molecular formula is C20H30O5Si. The van der Waals surface area contributed by atoms with Crippen molar-refractivity contribution in [3.05, 3.63) is 42.0 Å². The summed E-state index contributed by atoms with van der Waals surface area (Å²) in [6, 6.07) is 9.70. The third-order valence-electron chi connectivity index (χ3n) is 4.51. The number of rotatable bonds is 9. The smallest absolute Gasteiger partial charge is 0.308 e. The average molecular weight is 379 g/mol. The largest absolute Gasteiger partial charge is 0.481 e. The fourth-order valence-electron chi connectivity index (χ4n) is 2.08. The van der Waals surface area contributed by atoms with Crippen LogP contribution < -0.4 is 0 Å². The predicted molar refractivity (Wildman–Crippen MR) is 105 cm³/mol. The maximum Gasteiger partial charge on any atom is 0.308 e. The summed E-state index contributed by atoms with van der Waals surface area (Å²) in [5.41, 5.74) is 1.02. The van der Waals surface area contributed by atoms with Crippen molar-refractivity contribution < 1.29 is 23.9 Å². The maximum atomic E-state index is 12.1. The van der Waals surface area contributed by atoms with Gasteiger partial charge in [-0.3, -0.25) is 9.59 Å². The average Bonchev–Trinajstić information content (AvgIpc) is 2.50. The minimum atomic E-state index is -2.17. The Morgan fingerprint density at radius 1 is 1.15 bits per heavy atom. The first-order valence-corrected chi connectivity index (χ1v) is 11.7. The van der Waals surface area contributed by atoms with Gasteiger partial charge in [0, 0.05) is 0 Å². The molecule has 0 aromatic heterocycles. The van der Waals surface area contributed by atoms with Crippen LogP contribution in [-0.2, 0) is 18.8 Å². The van der Waals surface area contributed by atoms with Crippen molar-refractivity contribution in [1.29, 1.82) is 0 Å². The van der Waals surface area contributed by atoms with Gasteiger partial charge in [0.25, 0.3) is 0 Å². The van der Waals surface area contributed by atoms with E-state index in [0.29, 0.717) is 0 Å². The van der Waals surface area contributed by atoms with Gasteiger partial charge in [-0.2, -0.15) is 0 Å². The number of carbonyl (C=O) groups excluding carboxylic acids is 1. The lowest BCUT2D eigenvalue weighted by Crippen LogP contribution is -2.45. The van der Waals surface area contributed by atoms with Gasteiger partial charge < -0.3 is 14.3 Å². The Hall–Kier alpha value is -1.92. The number of esters is 1. The van der Waals surface area contributed by atoms with Crippen LogP contribution in [0.1, 0.15) is 39.2 Å². The summed E-state index contributed by atoms with van der Waals surface area (Å²) >= 11 is 0. The van der Waals surface area contributed by atoms with Gasteiger partial charge in [0.2, 0.25) is 0 Å². The minimum Gasteiger partial charge on any atom is -0.481 e. The third kappa shape index (κ3) is 7.97. The van der Waals surface area contributed by atoms with Gasteiger partial charge in [0.15, 0.2) is 8.32 Å². The quantitative estimate of drug-likeness (QED) is 0.506. The van der Waals surface area contributed by atoms with Crippen molar-refractivity contribution in [2.75, 3.05) is 6.61 Å². The first kappa shape index (κ1) is 22.1. The van der Waals surface area contributed by atoms with E-state index in [0.717, 1.165) is 5.56 Å². The molecule has 0 amide bonds. The highest BCUT2D eigenvalue weighted by molar-refractivity contribution is 6.74. The Labute approximate surface area is 157 Å². The standard InChI is InChI=1S/C20H30O5Si/c1-20(2,3)26(4,5)25-17(14-18(21)22)15-19(23)24-13-9-12-16-10-7-6-8-11-16/h6-12,17H,13-15H2,1-5H3,(H,21,22)/b12-9+/t17-/m1/s1. The Balaban J connectivity index is 2.57. The molecule has 26 heavy (non-hydrogen) atoms. The first-order valence-electron chi connectivity index (χ1n) is 8.78. The molecule has 0 radical (unpaired) electrons. The van der Waals surface area contributed by atoms with Crippen LogP contribution in [-0.4, -0.2) is 38.1 Å². The van der Waals surface area contributed by atoms with Crippen molar-refractivity contribution >= 4 is 26.3 Å². The topological polar surface area (TPSA) is 72.8 Å². The van der Waals surface area contributed by atoms with Gasteiger partial charge in [-0.1, -0.05) is 57.2 Å². The fourth-order valence-corrected chi connectivity index (χ4v) is 3.43. The molecule has 0 aliphatic rings. The summed E-state index contributed by atoms with van der Waals surface area (Å²) < 4.78 is 11.3. The van der Waals surface area contributed by atoms with Crippen molar-refractivity contribution in [2.24, 2.45) is 0 Å². The first-order chi connectivity index (χ1) is 12.0. The number of aliphatic carboxylic acids is 1. The molecule has 0 saturated carbocycles. The molecule has 0 aliphatic heterocycles. The van der Waals surface area contributed by atoms with Crippen molar-refractivity contribution in [3.8, 4) is 0 Å². The van der Waals surface area contributed by atoms with Crippen LogP contribution in [0.4, 0.5) is 0 Å². The molecule has 5 nitrogen and oxygen atoms in total. The van der Waals surface area contributed by atoms with Crippen LogP contribution in [0.3, 0.4) is 0 Å². The molecular weight excluding hydrogens is 348 g/mol. The van der Waals surface area contributed by atoms with Gasteiger partial charge in [0.05, 0.1) is 18.9 Å². The number of carboxylic acid groups (broad SMARTS) is 1. The zero-order chi connectivity index (χ0) is 19.8. The van der Waals surface area contributed by atoms with E-state index in [4.69, 9.17) is 14.3 Å². The van der Waals surface area contributed by atoms with E-state index in [1.54, 1.807) is 6.08 Å². The zero-order valence-electron chi connectivity index (χ0n) is 16.3. The van der Waals surface area contributed by atoms with Gasteiger partial charge >= 0.3 is 11.9 Å². The number of hydrogen-bond acceptors (Lipinski definition) is 4. The normalized spacial score (nSPS) is 13.6. The summed E-state index contributed by atoms with van der Waals surface area (Å²) in [5, 5.41) is 9.05. The maximum absolute atomic E-state index is 12.1. The number of hydrogen-bond donors (Lipinski definition) is 1. The molecule has 0 fully saturated rings. The van der Waals surface area contributed by atoms with E-state index in [1.807, 2.05) is 49.5 Å². The number of benzene rings is 1. The molecule has 1 atom stereocenters. The second-order valence-corrected chi connectivity index (χ2v) is 12.6. The molecule has 0 heterocycles. The molecule has 1 aromatic rings. The molecule has 1 N–H and O–H groups in total. The summed E-state index contributed by atoms with van der Waals surface area (Å²) in [7, 11) is -2.17. The lowest BCUT2D eigenvalue weighted by Gasteiger charge is -2.38. The van der Waals surface area contributed by atoms with Crippen LogP contribution >= 0.6 is 0 Å². The molecule has 0 unspecified atom stereocenters. The van der Waals surface area contributed by atoms with Gasteiger partial charge in [0.1, 0.15) is 6.61 Å². The minimum absolute atomic E-state index is 0.0576. The Bertz CT molecular complexity index is 617. The molecule has 0 bridgehead atoms. The van der Waals surface area contributed by atoms with Crippen LogP contribution in [0.2, 0.25) is 18.1 Å². The van der Waals surface area contributed by atoms with Crippen molar-refractivity contribution in [1.82, 2.24) is 0 Å². The lowest BCUT2D eigenvalue weighted by atomic mass is 10.2. The SMILES string of the molecule is CC(C)(C)[Si](C)(C)O[C@H](CC(=O)O)CC(=O)OC/C=C/c1ccccc1. The molecule has 1 aromatic carbocycles. The van der Waals surface area contributed by atoms with Crippen molar-refractivity contribution in [2.45, 2.75) is 57.8 Å². The highest BCUT2D eigenvalue weighted by Crippen LogP contribution is 2.38. The van der Waals surface area contributed by atoms with Crippen LogP contribution in [0.15, 0.2) is 36.4 Å². The molecule has 0 aliphatic carbocycles. The van der Waals surface area contributed by atoms with Crippen LogP contribution in [0.25, 0.3) is 6.08 Å². The second-order valence-electron chi connectivity index (χ2n) is 7.80. The van der Waals surface area contributed by atoms with E-state index in [-0.39, 0.29) is 24.5 Å². The summed E-state index contributed by atoms with van der Waals surface area (Å²) in [4.78, 5) is 23.2. The molecule has 0 spiro atoms. The summed E-state index contributed by atoms with van der Waals surface area (Å²) in [5.74, 6) is -1.43. The van der Waals surface area contributed by atoms with Crippen LogP contribution in [0, 0.1) is 0 Å². The lowest BCUT2D eigenvalue weighted by molar-refractivity contribution is -0.145. The van der Waals surface area contributed by atoms with E-state index in [9.17, 15) is 9.59 Å². The Morgan fingerprint density at radius 3 is 2.31 bits per heavy atom. The van der Waals surface area contributed by atoms with E-state index in [2.05, 4.69) is 20.8 Å². The second kappa shape index (κ2) is 9.69. The van der Waals surface area contributed by atoms with E-state index < -0.39 is 26.4 Å². The van der Waals surface area contributed by atoms with E-state index >= 15 is 0 Å².